The molecule has 0 unspecified atom stereocenters. The van der Waals surface area contributed by atoms with Crippen molar-refractivity contribution < 1.29 is 13.6 Å². The first-order valence-electron chi connectivity index (χ1n) is 8.85. The van der Waals surface area contributed by atoms with Crippen LogP contribution in [-0.2, 0) is 0 Å². The van der Waals surface area contributed by atoms with Crippen LogP contribution < -0.4 is 4.90 Å². The van der Waals surface area contributed by atoms with E-state index in [0.29, 0.717) is 37.8 Å². The summed E-state index contributed by atoms with van der Waals surface area (Å²) in [7, 11) is 0. The molecule has 1 aliphatic rings. The Balaban J connectivity index is 1.50. The van der Waals surface area contributed by atoms with Crippen molar-refractivity contribution in [2.45, 2.75) is 6.92 Å². The van der Waals surface area contributed by atoms with Gasteiger partial charge in [0.25, 0.3) is 5.91 Å². The second kappa shape index (κ2) is 7.34. The molecule has 144 valence electrons. The summed E-state index contributed by atoms with van der Waals surface area (Å²) < 4.78 is 29.6. The lowest BCUT2D eigenvalue weighted by Crippen LogP contribution is -2.49. The van der Waals surface area contributed by atoms with Crippen LogP contribution in [0.5, 0.6) is 0 Å². The molecule has 0 aliphatic carbocycles. The summed E-state index contributed by atoms with van der Waals surface area (Å²) in [4.78, 5) is 28.9. The molecule has 7 nitrogen and oxygen atoms in total. The van der Waals surface area contributed by atoms with Crippen molar-refractivity contribution in [3.8, 4) is 5.82 Å². The SMILES string of the molecule is Cc1nc(N2CCN(C(=O)c3c(F)cccc3F)CC2)cc(-n2ccnc2)n1. The smallest absolute Gasteiger partial charge is 0.259 e. The third-order valence-corrected chi connectivity index (χ3v) is 4.65. The number of aromatic nitrogens is 4. The van der Waals surface area contributed by atoms with Crippen molar-refractivity contribution >= 4 is 11.7 Å². The Morgan fingerprint density at radius 1 is 1.04 bits per heavy atom. The predicted octanol–water partition coefficient (Wildman–Crippen LogP) is 2.21. The lowest BCUT2D eigenvalue weighted by molar-refractivity contribution is 0.0736. The van der Waals surface area contributed by atoms with Gasteiger partial charge in [0.15, 0.2) is 0 Å². The number of amides is 1. The van der Waals surface area contributed by atoms with Gasteiger partial charge in [0.2, 0.25) is 0 Å². The number of halogens is 2. The molecule has 1 aliphatic heterocycles. The van der Waals surface area contributed by atoms with Gasteiger partial charge in [-0.05, 0) is 19.1 Å². The number of hydrogen-bond acceptors (Lipinski definition) is 5. The summed E-state index contributed by atoms with van der Waals surface area (Å²) in [6.45, 7) is 3.50. The Kier molecular flexibility index (Phi) is 4.72. The zero-order valence-corrected chi connectivity index (χ0v) is 15.2. The molecule has 0 N–H and O–H groups in total. The molecule has 2 aromatic heterocycles. The highest BCUT2D eigenvalue weighted by molar-refractivity contribution is 5.95. The lowest BCUT2D eigenvalue weighted by atomic mass is 10.1. The molecule has 3 aromatic rings. The average molecular weight is 384 g/mol. The van der Waals surface area contributed by atoms with E-state index in [1.807, 2.05) is 17.9 Å². The quantitative estimate of drug-likeness (QED) is 0.693. The van der Waals surface area contributed by atoms with Crippen molar-refractivity contribution in [1.82, 2.24) is 24.4 Å². The monoisotopic (exact) mass is 384 g/mol. The number of carbonyl (C=O) groups excluding carboxylic acids is 1. The summed E-state index contributed by atoms with van der Waals surface area (Å²) in [5.74, 6) is -0.263. The third-order valence-electron chi connectivity index (χ3n) is 4.65. The van der Waals surface area contributed by atoms with Gasteiger partial charge in [-0.3, -0.25) is 9.36 Å². The van der Waals surface area contributed by atoms with E-state index < -0.39 is 23.1 Å². The van der Waals surface area contributed by atoms with Crippen molar-refractivity contribution in [3.05, 3.63) is 66.0 Å². The van der Waals surface area contributed by atoms with E-state index in [1.54, 1.807) is 23.3 Å². The van der Waals surface area contributed by atoms with Gasteiger partial charge in [-0.25, -0.2) is 23.7 Å². The maximum Gasteiger partial charge on any atom is 0.259 e. The number of imidazole rings is 1. The Bertz CT molecular complexity index is 979. The van der Waals surface area contributed by atoms with Crippen LogP contribution in [0.1, 0.15) is 16.2 Å². The molecule has 0 atom stereocenters. The summed E-state index contributed by atoms with van der Waals surface area (Å²) in [6.07, 6.45) is 5.12. The van der Waals surface area contributed by atoms with Crippen molar-refractivity contribution in [2.75, 3.05) is 31.1 Å². The van der Waals surface area contributed by atoms with Crippen molar-refractivity contribution in [3.63, 3.8) is 0 Å². The molecule has 3 heterocycles. The number of carbonyl (C=O) groups is 1. The van der Waals surface area contributed by atoms with Gasteiger partial charge < -0.3 is 9.80 Å². The van der Waals surface area contributed by atoms with Gasteiger partial charge in [0.05, 0.1) is 0 Å². The Morgan fingerprint density at radius 3 is 2.36 bits per heavy atom. The summed E-state index contributed by atoms with van der Waals surface area (Å²) in [5, 5.41) is 0. The van der Waals surface area contributed by atoms with Gasteiger partial charge in [-0.2, -0.15) is 0 Å². The number of anilines is 1. The topological polar surface area (TPSA) is 67.2 Å². The normalized spacial score (nSPS) is 14.4. The fraction of sp³-hybridized carbons (Fsp3) is 0.263. The van der Waals surface area contributed by atoms with E-state index in [9.17, 15) is 13.6 Å². The molecule has 0 radical (unpaired) electrons. The molecule has 0 saturated carbocycles. The van der Waals surface area contributed by atoms with Gasteiger partial charge >= 0.3 is 0 Å². The molecule has 1 aromatic carbocycles. The second-order valence-electron chi connectivity index (χ2n) is 6.48. The highest BCUT2D eigenvalue weighted by Crippen LogP contribution is 2.20. The third kappa shape index (κ3) is 3.42. The summed E-state index contributed by atoms with van der Waals surface area (Å²) in [5.41, 5.74) is -0.503. The molecular weight excluding hydrogens is 366 g/mol. The van der Waals surface area contributed by atoms with Gasteiger partial charge in [0.1, 0.15) is 41.0 Å². The van der Waals surface area contributed by atoms with Crippen LogP contribution in [-0.4, -0.2) is 56.5 Å². The fourth-order valence-corrected chi connectivity index (χ4v) is 3.22. The average Bonchev–Trinajstić information content (AvgIpc) is 3.22. The first kappa shape index (κ1) is 18.0. The van der Waals surface area contributed by atoms with Gasteiger partial charge in [-0.15, -0.1) is 0 Å². The molecule has 0 bridgehead atoms. The molecule has 0 spiro atoms. The minimum absolute atomic E-state index is 0.343. The molecule has 4 rings (SSSR count). The zero-order chi connectivity index (χ0) is 19.7. The van der Waals surface area contributed by atoms with Crippen LogP contribution in [0.25, 0.3) is 5.82 Å². The molecule has 28 heavy (non-hydrogen) atoms. The van der Waals surface area contributed by atoms with E-state index in [4.69, 9.17) is 0 Å². The number of benzene rings is 1. The van der Waals surface area contributed by atoms with Crippen LogP contribution >= 0.6 is 0 Å². The number of hydrogen-bond donors (Lipinski definition) is 0. The number of nitrogens with zero attached hydrogens (tertiary/aromatic N) is 6. The first-order chi connectivity index (χ1) is 13.5. The van der Waals surface area contributed by atoms with Crippen LogP contribution in [0.15, 0.2) is 43.0 Å². The minimum Gasteiger partial charge on any atom is -0.353 e. The Morgan fingerprint density at radius 2 is 1.71 bits per heavy atom. The van der Waals surface area contributed by atoms with Crippen LogP contribution in [0.2, 0.25) is 0 Å². The van der Waals surface area contributed by atoms with E-state index in [1.165, 1.54) is 11.0 Å². The first-order valence-corrected chi connectivity index (χ1v) is 8.85. The minimum atomic E-state index is -0.844. The molecular formula is C19H18F2N6O. The molecule has 1 amide bonds. The fourth-order valence-electron chi connectivity index (χ4n) is 3.22. The van der Waals surface area contributed by atoms with Gasteiger partial charge in [0, 0.05) is 44.6 Å². The number of piperazine rings is 1. The Labute approximate surface area is 160 Å². The second-order valence-corrected chi connectivity index (χ2v) is 6.48. The van der Waals surface area contributed by atoms with E-state index >= 15 is 0 Å². The van der Waals surface area contributed by atoms with Crippen LogP contribution in [0.3, 0.4) is 0 Å². The summed E-state index contributed by atoms with van der Waals surface area (Å²) >= 11 is 0. The maximum absolute atomic E-state index is 13.9. The largest absolute Gasteiger partial charge is 0.353 e. The predicted molar refractivity (Wildman–Crippen MR) is 98.4 cm³/mol. The highest BCUT2D eigenvalue weighted by Gasteiger charge is 2.27. The number of aryl methyl sites for hydroxylation is 1. The maximum atomic E-state index is 13.9. The van der Waals surface area contributed by atoms with E-state index in [-0.39, 0.29) is 0 Å². The van der Waals surface area contributed by atoms with Crippen LogP contribution in [0, 0.1) is 18.6 Å². The summed E-state index contributed by atoms with van der Waals surface area (Å²) in [6, 6.07) is 5.28. The standard InChI is InChI=1S/C19H18F2N6O/c1-13-23-16(11-17(24-13)27-6-5-22-12-27)25-7-9-26(10-8-25)19(28)18-14(20)3-2-4-15(18)21/h2-6,11-12H,7-10H2,1H3. The lowest BCUT2D eigenvalue weighted by Gasteiger charge is -2.35. The van der Waals surface area contributed by atoms with Crippen molar-refractivity contribution in [2.24, 2.45) is 0 Å². The highest BCUT2D eigenvalue weighted by atomic mass is 19.1. The van der Waals surface area contributed by atoms with Crippen LogP contribution in [0.4, 0.5) is 14.6 Å². The Hall–Kier alpha value is -3.36. The molecule has 1 saturated heterocycles. The zero-order valence-electron chi connectivity index (χ0n) is 15.2. The van der Waals surface area contributed by atoms with Crippen molar-refractivity contribution in [1.29, 1.82) is 0 Å². The van der Waals surface area contributed by atoms with E-state index in [0.717, 1.165) is 18.0 Å². The number of rotatable bonds is 3. The van der Waals surface area contributed by atoms with E-state index in [2.05, 4.69) is 15.0 Å². The molecule has 9 heteroatoms. The molecule has 1 fully saturated rings. The van der Waals surface area contributed by atoms with Gasteiger partial charge in [-0.1, -0.05) is 6.07 Å².